The second-order valence-corrected chi connectivity index (χ2v) is 4.52. The fourth-order valence-electron chi connectivity index (χ4n) is 2.22. The number of carbonyl (C=O) groups excluding carboxylic acids is 1. The number of carbonyl (C=O) groups is 1. The van der Waals surface area contributed by atoms with E-state index < -0.39 is 6.04 Å². The Labute approximate surface area is 119 Å². The molecule has 0 aromatic heterocycles. The summed E-state index contributed by atoms with van der Waals surface area (Å²) in [4.78, 5) is 12.1. The van der Waals surface area contributed by atoms with Crippen molar-refractivity contribution in [2.24, 2.45) is 0 Å². The van der Waals surface area contributed by atoms with E-state index in [1.54, 1.807) is 0 Å². The van der Waals surface area contributed by atoms with Gasteiger partial charge < -0.3 is 10.1 Å². The van der Waals surface area contributed by atoms with Crippen LogP contribution >= 0.6 is 0 Å². The molecule has 0 radical (unpaired) electrons. The lowest BCUT2D eigenvalue weighted by Gasteiger charge is -2.20. The average molecular weight is 269 g/mol. The van der Waals surface area contributed by atoms with Crippen LogP contribution in [0.4, 0.5) is 5.69 Å². The number of anilines is 1. The first kappa shape index (κ1) is 14.1. The van der Waals surface area contributed by atoms with Gasteiger partial charge in [-0.2, -0.15) is 0 Å². The minimum Gasteiger partial charge on any atom is -0.467 e. The molecular formula is C17H19NO2. The zero-order valence-corrected chi connectivity index (χ0v) is 11.8. The Morgan fingerprint density at radius 3 is 2.40 bits per heavy atom. The van der Waals surface area contributed by atoms with Crippen LogP contribution in [0.1, 0.15) is 24.1 Å². The Morgan fingerprint density at radius 1 is 1.10 bits per heavy atom. The van der Waals surface area contributed by atoms with Crippen molar-refractivity contribution in [3.05, 3.63) is 65.7 Å². The minimum atomic E-state index is -0.487. The number of methoxy groups -OCH3 is 1. The van der Waals surface area contributed by atoms with E-state index in [4.69, 9.17) is 4.74 Å². The molecule has 0 bridgehead atoms. The van der Waals surface area contributed by atoms with Gasteiger partial charge in [-0.05, 0) is 29.7 Å². The van der Waals surface area contributed by atoms with Crippen molar-refractivity contribution in [2.45, 2.75) is 19.4 Å². The molecule has 0 fully saturated rings. The van der Waals surface area contributed by atoms with E-state index in [2.05, 4.69) is 12.2 Å². The van der Waals surface area contributed by atoms with Crippen molar-refractivity contribution in [3.8, 4) is 0 Å². The standard InChI is InChI=1S/C17H19NO2/c1-3-13-9-7-8-12-15(13)16(17(19)20-2)18-14-10-5-4-6-11-14/h4-12,16,18H,3H2,1-2H3. The van der Waals surface area contributed by atoms with E-state index in [0.717, 1.165) is 23.2 Å². The Hall–Kier alpha value is -2.29. The lowest BCUT2D eigenvalue weighted by Crippen LogP contribution is -2.23. The molecule has 0 spiro atoms. The number of esters is 1. The number of nitrogens with one attached hydrogen (secondary N) is 1. The number of benzene rings is 2. The van der Waals surface area contributed by atoms with E-state index in [1.807, 2.05) is 54.6 Å². The zero-order valence-electron chi connectivity index (χ0n) is 11.8. The average Bonchev–Trinajstić information content (AvgIpc) is 2.53. The first-order chi connectivity index (χ1) is 9.76. The van der Waals surface area contributed by atoms with Gasteiger partial charge >= 0.3 is 5.97 Å². The number of rotatable bonds is 5. The van der Waals surface area contributed by atoms with Crippen LogP contribution in [-0.2, 0) is 16.0 Å². The summed E-state index contributed by atoms with van der Waals surface area (Å²) in [6, 6.07) is 17.1. The van der Waals surface area contributed by atoms with Gasteiger partial charge in [0.25, 0.3) is 0 Å². The summed E-state index contributed by atoms with van der Waals surface area (Å²) in [6.07, 6.45) is 0.875. The molecule has 0 aliphatic heterocycles. The van der Waals surface area contributed by atoms with Crippen molar-refractivity contribution < 1.29 is 9.53 Å². The third kappa shape index (κ3) is 3.18. The van der Waals surface area contributed by atoms with E-state index in [-0.39, 0.29) is 5.97 Å². The van der Waals surface area contributed by atoms with Gasteiger partial charge in [-0.3, -0.25) is 0 Å². The number of hydrogen-bond acceptors (Lipinski definition) is 3. The summed E-state index contributed by atoms with van der Waals surface area (Å²) in [5.74, 6) is -0.283. The Balaban J connectivity index is 2.35. The maximum absolute atomic E-state index is 12.1. The Kier molecular flexibility index (Phi) is 4.77. The molecular weight excluding hydrogens is 250 g/mol. The lowest BCUT2D eigenvalue weighted by atomic mass is 9.98. The van der Waals surface area contributed by atoms with Crippen LogP contribution in [0.25, 0.3) is 0 Å². The highest BCUT2D eigenvalue weighted by Crippen LogP contribution is 2.24. The van der Waals surface area contributed by atoms with Gasteiger partial charge in [0.05, 0.1) is 7.11 Å². The number of para-hydroxylation sites is 1. The summed E-state index contributed by atoms with van der Waals surface area (Å²) in [6.45, 7) is 2.08. The van der Waals surface area contributed by atoms with Crippen LogP contribution in [0.2, 0.25) is 0 Å². The van der Waals surface area contributed by atoms with Crippen molar-refractivity contribution in [1.82, 2.24) is 0 Å². The van der Waals surface area contributed by atoms with Gasteiger partial charge in [-0.25, -0.2) is 4.79 Å². The molecule has 2 aromatic rings. The van der Waals surface area contributed by atoms with Crippen LogP contribution in [0.15, 0.2) is 54.6 Å². The molecule has 0 aliphatic carbocycles. The smallest absolute Gasteiger partial charge is 0.332 e. The first-order valence-electron chi connectivity index (χ1n) is 6.73. The predicted octanol–water partition coefficient (Wildman–Crippen LogP) is 3.58. The molecule has 2 rings (SSSR count). The molecule has 0 heterocycles. The van der Waals surface area contributed by atoms with Crippen LogP contribution < -0.4 is 5.32 Å². The molecule has 1 atom stereocenters. The van der Waals surface area contributed by atoms with Gasteiger partial charge in [-0.15, -0.1) is 0 Å². The van der Waals surface area contributed by atoms with E-state index in [9.17, 15) is 4.79 Å². The van der Waals surface area contributed by atoms with Gasteiger partial charge in [0.15, 0.2) is 6.04 Å². The molecule has 2 aromatic carbocycles. The Morgan fingerprint density at radius 2 is 1.75 bits per heavy atom. The van der Waals surface area contributed by atoms with E-state index in [1.165, 1.54) is 7.11 Å². The highest BCUT2D eigenvalue weighted by atomic mass is 16.5. The molecule has 0 saturated heterocycles. The summed E-state index contributed by atoms with van der Waals surface area (Å²) >= 11 is 0. The summed E-state index contributed by atoms with van der Waals surface area (Å²) in [7, 11) is 1.41. The summed E-state index contributed by atoms with van der Waals surface area (Å²) < 4.78 is 4.94. The maximum Gasteiger partial charge on any atom is 0.332 e. The van der Waals surface area contributed by atoms with Crippen LogP contribution in [0, 0.1) is 0 Å². The summed E-state index contributed by atoms with van der Waals surface area (Å²) in [5.41, 5.74) is 3.01. The normalized spacial score (nSPS) is 11.7. The van der Waals surface area contributed by atoms with E-state index >= 15 is 0 Å². The number of ether oxygens (including phenoxy) is 1. The third-order valence-corrected chi connectivity index (χ3v) is 3.27. The number of aryl methyl sites for hydroxylation is 1. The van der Waals surface area contributed by atoms with Crippen molar-refractivity contribution in [2.75, 3.05) is 12.4 Å². The highest BCUT2D eigenvalue weighted by molar-refractivity contribution is 5.81. The van der Waals surface area contributed by atoms with Gasteiger partial charge in [0.1, 0.15) is 0 Å². The summed E-state index contributed by atoms with van der Waals surface area (Å²) in [5, 5.41) is 3.25. The van der Waals surface area contributed by atoms with Gasteiger partial charge in [0.2, 0.25) is 0 Å². The zero-order chi connectivity index (χ0) is 14.4. The van der Waals surface area contributed by atoms with Crippen LogP contribution in [0.5, 0.6) is 0 Å². The minimum absolute atomic E-state index is 0.283. The second kappa shape index (κ2) is 6.75. The largest absolute Gasteiger partial charge is 0.467 e. The molecule has 0 aliphatic rings. The van der Waals surface area contributed by atoms with Crippen molar-refractivity contribution in [1.29, 1.82) is 0 Å². The van der Waals surface area contributed by atoms with Crippen LogP contribution in [-0.4, -0.2) is 13.1 Å². The molecule has 0 saturated carbocycles. The second-order valence-electron chi connectivity index (χ2n) is 4.52. The molecule has 20 heavy (non-hydrogen) atoms. The fourth-order valence-corrected chi connectivity index (χ4v) is 2.22. The van der Waals surface area contributed by atoms with Crippen molar-refractivity contribution in [3.63, 3.8) is 0 Å². The molecule has 3 heteroatoms. The third-order valence-electron chi connectivity index (χ3n) is 3.27. The monoisotopic (exact) mass is 269 g/mol. The Bertz CT molecular complexity index is 566. The predicted molar refractivity (Wildman–Crippen MR) is 80.6 cm³/mol. The van der Waals surface area contributed by atoms with Gasteiger partial charge in [-0.1, -0.05) is 49.4 Å². The van der Waals surface area contributed by atoms with Crippen molar-refractivity contribution >= 4 is 11.7 Å². The maximum atomic E-state index is 12.1. The molecule has 3 nitrogen and oxygen atoms in total. The SMILES string of the molecule is CCc1ccccc1C(Nc1ccccc1)C(=O)OC. The van der Waals surface area contributed by atoms with Gasteiger partial charge in [0, 0.05) is 5.69 Å². The molecule has 1 unspecified atom stereocenters. The lowest BCUT2D eigenvalue weighted by molar-refractivity contribution is -0.141. The molecule has 0 amide bonds. The molecule has 1 N–H and O–H groups in total. The van der Waals surface area contributed by atoms with E-state index in [0.29, 0.717) is 0 Å². The first-order valence-corrected chi connectivity index (χ1v) is 6.73. The number of hydrogen-bond donors (Lipinski definition) is 1. The highest BCUT2D eigenvalue weighted by Gasteiger charge is 2.23. The molecule has 104 valence electrons. The quantitative estimate of drug-likeness (QED) is 0.843. The fraction of sp³-hybridized carbons (Fsp3) is 0.235. The van der Waals surface area contributed by atoms with Crippen LogP contribution in [0.3, 0.4) is 0 Å². The topological polar surface area (TPSA) is 38.3 Å².